The predicted molar refractivity (Wildman–Crippen MR) is 53.8 cm³/mol. The largest absolute Gasteiger partial charge is 0.468 e. The van der Waals surface area contributed by atoms with Crippen molar-refractivity contribution in [2.75, 3.05) is 6.54 Å². The zero-order chi connectivity index (χ0) is 9.80. The highest BCUT2D eigenvalue weighted by molar-refractivity contribution is 4.97. The second-order valence-corrected chi connectivity index (χ2v) is 3.97. The van der Waals surface area contributed by atoms with Crippen molar-refractivity contribution in [1.29, 1.82) is 0 Å². The molecule has 0 bridgehead atoms. The van der Waals surface area contributed by atoms with E-state index in [-0.39, 0.29) is 6.10 Å². The molecule has 1 fully saturated rings. The van der Waals surface area contributed by atoms with Gasteiger partial charge in [0.25, 0.3) is 0 Å². The number of hydrogen-bond donors (Lipinski definition) is 2. The number of rotatable bonds is 4. The van der Waals surface area contributed by atoms with Crippen molar-refractivity contribution >= 4 is 0 Å². The van der Waals surface area contributed by atoms with Crippen LogP contribution in [0.5, 0.6) is 0 Å². The average Bonchev–Trinajstić information content (AvgIpc) is 2.78. The normalized spacial score (nSPS) is 26.9. The summed E-state index contributed by atoms with van der Waals surface area (Å²) in [5, 5.41) is 12.9. The lowest BCUT2D eigenvalue weighted by atomic mass is 10.1. The maximum atomic E-state index is 9.58. The van der Waals surface area contributed by atoms with E-state index in [0.29, 0.717) is 5.92 Å². The van der Waals surface area contributed by atoms with E-state index in [9.17, 15) is 5.11 Å². The minimum absolute atomic E-state index is 0.0981. The van der Waals surface area contributed by atoms with E-state index < -0.39 is 0 Å². The molecule has 2 unspecified atom stereocenters. The Morgan fingerprint density at radius 3 is 3.07 bits per heavy atom. The molecular formula is C11H17NO2. The van der Waals surface area contributed by atoms with Gasteiger partial charge in [-0.2, -0.15) is 0 Å². The first-order valence-electron chi connectivity index (χ1n) is 5.27. The molecule has 0 amide bonds. The molecule has 1 aromatic heterocycles. The van der Waals surface area contributed by atoms with Crippen LogP contribution in [0.2, 0.25) is 0 Å². The Morgan fingerprint density at radius 2 is 2.43 bits per heavy atom. The quantitative estimate of drug-likeness (QED) is 0.765. The minimum atomic E-state index is -0.0981. The van der Waals surface area contributed by atoms with Gasteiger partial charge in [0.15, 0.2) is 0 Å². The number of aliphatic hydroxyl groups is 1. The highest BCUT2D eigenvalue weighted by Crippen LogP contribution is 2.24. The van der Waals surface area contributed by atoms with Gasteiger partial charge in [0.05, 0.1) is 18.9 Å². The Labute approximate surface area is 84.1 Å². The Balaban J connectivity index is 1.68. The van der Waals surface area contributed by atoms with Crippen molar-refractivity contribution in [2.24, 2.45) is 5.92 Å². The molecular weight excluding hydrogens is 178 g/mol. The molecule has 0 saturated heterocycles. The third-order valence-electron chi connectivity index (χ3n) is 2.90. The van der Waals surface area contributed by atoms with Gasteiger partial charge in [-0.3, -0.25) is 0 Å². The van der Waals surface area contributed by atoms with Gasteiger partial charge in [-0.1, -0.05) is 6.42 Å². The second-order valence-electron chi connectivity index (χ2n) is 3.97. The van der Waals surface area contributed by atoms with Crippen LogP contribution in [-0.4, -0.2) is 17.8 Å². The van der Waals surface area contributed by atoms with Crippen LogP contribution in [0.1, 0.15) is 25.0 Å². The number of furan rings is 1. The summed E-state index contributed by atoms with van der Waals surface area (Å²) in [6.45, 7) is 1.65. The average molecular weight is 195 g/mol. The van der Waals surface area contributed by atoms with Crippen LogP contribution in [0, 0.1) is 5.92 Å². The highest BCUT2D eigenvalue weighted by atomic mass is 16.3. The van der Waals surface area contributed by atoms with Crippen LogP contribution >= 0.6 is 0 Å². The molecule has 1 saturated carbocycles. The Kier molecular flexibility index (Phi) is 3.22. The molecule has 1 aliphatic carbocycles. The van der Waals surface area contributed by atoms with Crippen molar-refractivity contribution in [3.8, 4) is 0 Å². The van der Waals surface area contributed by atoms with Crippen LogP contribution < -0.4 is 5.32 Å². The molecule has 14 heavy (non-hydrogen) atoms. The van der Waals surface area contributed by atoms with E-state index in [4.69, 9.17) is 4.42 Å². The monoisotopic (exact) mass is 195 g/mol. The van der Waals surface area contributed by atoms with Crippen LogP contribution in [0.4, 0.5) is 0 Å². The fraction of sp³-hybridized carbons (Fsp3) is 0.636. The maximum Gasteiger partial charge on any atom is 0.117 e. The van der Waals surface area contributed by atoms with Gasteiger partial charge >= 0.3 is 0 Å². The maximum absolute atomic E-state index is 9.58. The van der Waals surface area contributed by atoms with Gasteiger partial charge in [-0.25, -0.2) is 0 Å². The summed E-state index contributed by atoms with van der Waals surface area (Å²) in [4.78, 5) is 0. The van der Waals surface area contributed by atoms with Crippen LogP contribution in [0.15, 0.2) is 22.8 Å². The van der Waals surface area contributed by atoms with Crippen molar-refractivity contribution in [3.63, 3.8) is 0 Å². The van der Waals surface area contributed by atoms with Gasteiger partial charge in [-0.15, -0.1) is 0 Å². The van der Waals surface area contributed by atoms with E-state index in [0.717, 1.165) is 38.1 Å². The van der Waals surface area contributed by atoms with Gasteiger partial charge in [0.1, 0.15) is 5.76 Å². The van der Waals surface area contributed by atoms with Crippen LogP contribution in [-0.2, 0) is 6.54 Å². The summed E-state index contributed by atoms with van der Waals surface area (Å²) in [7, 11) is 0. The van der Waals surface area contributed by atoms with Gasteiger partial charge < -0.3 is 14.8 Å². The Morgan fingerprint density at radius 1 is 1.50 bits per heavy atom. The molecule has 0 radical (unpaired) electrons. The van der Waals surface area contributed by atoms with Gasteiger partial charge in [0, 0.05) is 6.54 Å². The summed E-state index contributed by atoms with van der Waals surface area (Å²) in [6.07, 6.45) is 4.86. The van der Waals surface area contributed by atoms with Gasteiger partial charge in [0.2, 0.25) is 0 Å². The van der Waals surface area contributed by atoms with E-state index >= 15 is 0 Å². The molecule has 78 valence electrons. The van der Waals surface area contributed by atoms with Crippen molar-refractivity contribution in [2.45, 2.75) is 31.9 Å². The van der Waals surface area contributed by atoms with E-state index in [2.05, 4.69) is 5.32 Å². The summed E-state index contributed by atoms with van der Waals surface area (Å²) >= 11 is 0. The Bertz CT molecular complexity index is 258. The summed E-state index contributed by atoms with van der Waals surface area (Å²) in [6, 6.07) is 3.85. The highest BCUT2D eigenvalue weighted by Gasteiger charge is 2.24. The Hall–Kier alpha value is -0.800. The predicted octanol–water partition coefficient (Wildman–Crippen LogP) is 1.53. The number of nitrogens with one attached hydrogen (secondary N) is 1. The molecule has 1 aromatic rings. The topological polar surface area (TPSA) is 45.4 Å². The van der Waals surface area contributed by atoms with Crippen LogP contribution in [0.25, 0.3) is 0 Å². The standard InChI is InChI=1S/C11H17NO2/c13-11-5-1-3-9(11)7-12-8-10-4-2-6-14-10/h2,4,6,9,11-13H,1,3,5,7-8H2. The van der Waals surface area contributed by atoms with Gasteiger partial charge in [-0.05, 0) is 30.9 Å². The van der Waals surface area contributed by atoms with Crippen LogP contribution in [0.3, 0.4) is 0 Å². The lowest BCUT2D eigenvalue weighted by Gasteiger charge is -2.14. The zero-order valence-electron chi connectivity index (χ0n) is 8.28. The summed E-state index contributed by atoms with van der Waals surface area (Å²) in [5.74, 6) is 1.39. The lowest BCUT2D eigenvalue weighted by Crippen LogP contribution is -2.27. The first-order valence-corrected chi connectivity index (χ1v) is 5.27. The third-order valence-corrected chi connectivity index (χ3v) is 2.90. The molecule has 3 nitrogen and oxygen atoms in total. The first kappa shape index (κ1) is 9.74. The fourth-order valence-corrected chi connectivity index (χ4v) is 2.05. The molecule has 1 aliphatic rings. The van der Waals surface area contributed by atoms with Crippen molar-refractivity contribution < 1.29 is 9.52 Å². The molecule has 0 aromatic carbocycles. The van der Waals surface area contributed by atoms with Crippen molar-refractivity contribution in [1.82, 2.24) is 5.32 Å². The third kappa shape index (κ3) is 2.36. The molecule has 3 heteroatoms. The lowest BCUT2D eigenvalue weighted by molar-refractivity contribution is 0.131. The first-order chi connectivity index (χ1) is 6.86. The molecule has 2 rings (SSSR count). The molecule has 2 atom stereocenters. The molecule has 0 aliphatic heterocycles. The molecule has 2 N–H and O–H groups in total. The van der Waals surface area contributed by atoms with E-state index in [1.165, 1.54) is 0 Å². The second kappa shape index (κ2) is 4.62. The number of aliphatic hydroxyl groups excluding tert-OH is 1. The number of hydrogen-bond acceptors (Lipinski definition) is 3. The fourth-order valence-electron chi connectivity index (χ4n) is 2.05. The molecule has 1 heterocycles. The molecule has 0 spiro atoms. The minimum Gasteiger partial charge on any atom is -0.468 e. The SMILES string of the molecule is OC1CCCC1CNCc1ccco1. The van der Waals surface area contributed by atoms with Crippen molar-refractivity contribution in [3.05, 3.63) is 24.2 Å². The summed E-state index contributed by atoms with van der Waals surface area (Å²) < 4.78 is 5.20. The smallest absolute Gasteiger partial charge is 0.117 e. The zero-order valence-corrected chi connectivity index (χ0v) is 8.28. The summed E-state index contributed by atoms with van der Waals surface area (Å²) in [5.41, 5.74) is 0. The van der Waals surface area contributed by atoms with E-state index in [1.54, 1.807) is 6.26 Å². The van der Waals surface area contributed by atoms with E-state index in [1.807, 2.05) is 12.1 Å².